The van der Waals surface area contributed by atoms with Crippen molar-refractivity contribution >= 4 is 28.3 Å². The van der Waals surface area contributed by atoms with Crippen molar-refractivity contribution in [2.45, 2.75) is 43.7 Å². The van der Waals surface area contributed by atoms with E-state index < -0.39 is 17.9 Å². The third kappa shape index (κ3) is 2.60. The number of piperidine rings is 2. The molecule has 2 N–H and O–H groups in total. The third-order valence-electron chi connectivity index (χ3n) is 6.23. The van der Waals surface area contributed by atoms with Gasteiger partial charge in [-0.15, -0.1) is 0 Å². The lowest BCUT2D eigenvalue weighted by Crippen LogP contribution is -2.51. The first-order valence-corrected chi connectivity index (χ1v) is 9.69. The van der Waals surface area contributed by atoms with Crippen molar-refractivity contribution in [2.75, 3.05) is 18.0 Å². The molecule has 2 saturated heterocycles. The van der Waals surface area contributed by atoms with E-state index in [2.05, 4.69) is 10.6 Å². The highest BCUT2D eigenvalue weighted by atomic mass is 19.3. The van der Waals surface area contributed by atoms with Crippen molar-refractivity contribution in [1.29, 1.82) is 0 Å². The van der Waals surface area contributed by atoms with Crippen LogP contribution in [0.3, 0.4) is 0 Å². The molecule has 0 radical (unpaired) electrons. The SMILES string of the molecule is O=C1CCC(N2Cc3cccc4c(C5CCNCC5(F)F)ccc2c34)C(=O)N1. The monoisotopic (exact) mass is 385 g/mol. The van der Waals surface area contributed by atoms with Crippen LogP contribution < -0.4 is 15.5 Å². The van der Waals surface area contributed by atoms with Gasteiger partial charge in [-0.05, 0) is 42.0 Å². The Kier molecular flexibility index (Phi) is 3.91. The summed E-state index contributed by atoms with van der Waals surface area (Å²) in [5, 5.41) is 7.00. The van der Waals surface area contributed by atoms with Crippen molar-refractivity contribution < 1.29 is 18.4 Å². The zero-order valence-electron chi connectivity index (χ0n) is 15.3. The van der Waals surface area contributed by atoms with Crippen LogP contribution in [0.1, 0.15) is 36.3 Å². The van der Waals surface area contributed by atoms with Crippen molar-refractivity contribution in [3.8, 4) is 0 Å². The van der Waals surface area contributed by atoms with E-state index in [1.165, 1.54) is 0 Å². The number of nitrogens with one attached hydrogen (secondary N) is 2. The maximum absolute atomic E-state index is 14.6. The van der Waals surface area contributed by atoms with E-state index in [1.54, 1.807) is 6.07 Å². The smallest absolute Gasteiger partial charge is 0.267 e. The number of halogens is 2. The van der Waals surface area contributed by atoms with Gasteiger partial charge in [0.15, 0.2) is 0 Å². The number of carbonyl (C=O) groups is 2. The summed E-state index contributed by atoms with van der Waals surface area (Å²) < 4.78 is 29.2. The second-order valence-corrected chi connectivity index (χ2v) is 7.89. The molecule has 146 valence electrons. The van der Waals surface area contributed by atoms with E-state index in [1.807, 2.05) is 29.2 Å². The maximum Gasteiger partial charge on any atom is 0.267 e. The Hall–Kier alpha value is -2.54. The molecule has 2 unspecified atom stereocenters. The van der Waals surface area contributed by atoms with Crippen LogP contribution in [0.5, 0.6) is 0 Å². The summed E-state index contributed by atoms with van der Waals surface area (Å²) in [6, 6.07) is 9.05. The minimum Gasteiger partial charge on any atom is -0.355 e. The second kappa shape index (κ2) is 6.24. The molecular weight excluding hydrogens is 364 g/mol. The molecule has 0 aromatic heterocycles. The average molecular weight is 385 g/mol. The number of hydrogen-bond acceptors (Lipinski definition) is 4. The first-order chi connectivity index (χ1) is 13.5. The van der Waals surface area contributed by atoms with Crippen molar-refractivity contribution in [3.63, 3.8) is 0 Å². The Morgan fingerprint density at radius 2 is 1.96 bits per heavy atom. The van der Waals surface area contributed by atoms with E-state index in [0.29, 0.717) is 37.9 Å². The molecule has 3 aliphatic heterocycles. The number of benzene rings is 2. The molecule has 0 spiro atoms. The maximum atomic E-state index is 14.6. The molecule has 2 aromatic carbocycles. The van der Waals surface area contributed by atoms with Gasteiger partial charge in [0.05, 0.1) is 12.5 Å². The number of nitrogens with zero attached hydrogens (tertiary/aromatic N) is 1. The predicted octanol–water partition coefficient (Wildman–Crippen LogP) is 2.68. The first kappa shape index (κ1) is 17.6. The summed E-state index contributed by atoms with van der Waals surface area (Å²) in [5.41, 5.74) is 2.61. The molecule has 3 heterocycles. The fourth-order valence-electron chi connectivity index (χ4n) is 4.91. The van der Waals surface area contributed by atoms with Crippen LogP contribution in [0.2, 0.25) is 0 Å². The summed E-state index contributed by atoms with van der Waals surface area (Å²) in [6.45, 7) is 0.819. The highest BCUT2D eigenvalue weighted by Gasteiger charge is 2.44. The Bertz CT molecular complexity index is 991. The zero-order valence-corrected chi connectivity index (χ0v) is 15.3. The average Bonchev–Trinajstić information content (AvgIpc) is 3.02. The van der Waals surface area contributed by atoms with Gasteiger partial charge < -0.3 is 10.2 Å². The fraction of sp³-hybridized carbons (Fsp3) is 0.429. The molecule has 0 saturated carbocycles. The van der Waals surface area contributed by atoms with Gasteiger partial charge in [0.1, 0.15) is 6.04 Å². The normalized spacial score (nSPS) is 26.6. The fourth-order valence-corrected chi connectivity index (χ4v) is 4.91. The summed E-state index contributed by atoms with van der Waals surface area (Å²) in [4.78, 5) is 25.9. The van der Waals surface area contributed by atoms with Crippen LogP contribution in [0.25, 0.3) is 10.8 Å². The van der Waals surface area contributed by atoms with Gasteiger partial charge in [0.25, 0.3) is 5.92 Å². The number of rotatable bonds is 2. The minimum absolute atomic E-state index is 0.244. The number of imide groups is 1. The van der Waals surface area contributed by atoms with E-state index in [-0.39, 0.29) is 18.4 Å². The molecule has 5 rings (SSSR count). The summed E-state index contributed by atoms with van der Waals surface area (Å²) >= 11 is 0. The highest BCUT2D eigenvalue weighted by Crippen LogP contribution is 2.46. The van der Waals surface area contributed by atoms with Crippen LogP contribution in [-0.2, 0) is 16.1 Å². The van der Waals surface area contributed by atoms with Gasteiger partial charge >= 0.3 is 0 Å². The molecule has 3 aliphatic rings. The topological polar surface area (TPSA) is 61.4 Å². The van der Waals surface area contributed by atoms with Crippen molar-refractivity contribution in [3.05, 3.63) is 41.5 Å². The Labute approximate surface area is 161 Å². The van der Waals surface area contributed by atoms with Gasteiger partial charge in [0.2, 0.25) is 11.8 Å². The largest absolute Gasteiger partial charge is 0.355 e. The van der Waals surface area contributed by atoms with Crippen LogP contribution in [-0.4, -0.2) is 36.9 Å². The van der Waals surface area contributed by atoms with E-state index >= 15 is 0 Å². The Morgan fingerprint density at radius 3 is 2.75 bits per heavy atom. The molecule has 0 bridgehead atoms. The summed E-state index contributed by atoms with van der Waals surface area (Å²) in [7, 11) is 0. The standard InChI is InChI=1S/C21H21F2N3O2/c22-21(23)11-24-9-8-15(21)13-4-5-16-19-12(2-1-3-14(13)19)10-26(16)17-6-7-18(27)25-20(17)28/h1-5,15,17,24H,6-11H2,(H,25,27,28). The Balaban J connectivity index is 1.59. The molecule has 2 atom stereocenters. The van der Waals surface area contributed by atoms with Gasteiger partial charge in [-0.3, -0.25) is 14.9 Å². The Morgan fingerprint density at radius 1 is 1.11 bits per heavy atom. The lowest BCUT2D eigenvalue weighted by atomic mass is 9.83. The zero-order chi connectivity index (χ0) is 19.5. The minimum atomic E-state index is -2.79. The summed E-state index contributed by atoms with van der Waals surface area (Å²) in [6.07, 6.45) is 1.17. The number of carbonyl (C=O) groups excluding carboxylic acids is 2. The molecule has 2 fully saturated rings. The van der Waals surface area contributed by atoms with Crippen molar-refractivity contribution in [1.82, 2.24) is 10.6 Å². The number of alkyl halides is 2. The summed E-state index contributed by atoms with van der Waals surface area (Å²) in [5.74, 6) is -4.14. The molecule has 7 heteroatoms. The third-order valence-corrected chi connectivity index (χ3v) is 6.23. The van der Waals surface area contributed by atoms with Crippen LogP contribution >= 0.6 is 0 Å². The van der Waals surface area contributed by atoms with Gasteiger partial charge in [-0.2, -0.15) is 0 Å². The van der Waals surface area contributed by atoms with Gasteiger partial charge in [-0.25, -0.2) is 8.78 Å². The van der Waals surface area contributed by atoms with Crippen LogP contribution in [0.4, 0.5) is 14.5 Å². The predicted molar refractivity (Wildman–Crippen MR) is 101 cm³/mol. The van der Waals surface area contributed by atoms with Crippen LogP contribution in [0.15, 0.2) is 30.3 Å². The lowest BCUT2D eigenvalue weighted by Gasteiger charge is -2.34. The highest BCUT2D eigenvalue weighted by molar-refractivity contribution is 6.06. The van der Waals surface area contributed by atoms with E-state index in [9.17, 15) is 18.4 Å². The second-order valence-electron chi connectivity index (χ2n) is 7.89. The van der Waals surface area contributed by atoms with E-state index in [4.69, 9.17) is 0 Å². The molecule has 2 aromatic rings. The van der Waals surface area contributed by atoms with Gasteiger partial charge in [0, 0.05) is 24.0 Å². The van der Waals surface area contributed by atoms with Crippen LogP contribution in [0, 0.1) is 0 Å². The number of amides is 2. The van der Waals surface area contributed by atoms with Crippen molar-refractivity contribution in [2.24, 2.45) is 0 Å². The number of hydrogen-bond donors (Lipinski definition) is 2. The molecular formula is C21H21F2N3O2. The molecule has 28 heavy (non-hydrogen) atoms. The lowest BCUT2D eigenvalue weighted by molar-refractivity contribution is -0.134. The molecule has 2 amide bonds. The molecule has 0 aliphatic carbocycles. The first-order valence-electron chi connectivity index (χ1n) is 9.69. The van der Waals surface area contributed by atoms with Gasteiger partial charge in [-0.1, -0.05) is 24.3 Å². The molecule has 5 nitrogen and oxygen atoms in total. The number of anilines is 1. The van der Waals surface area contributed by atoms with E-state index in [0.717, 1.165) is 22.0 Å². The quantitative estimate of drug-likeness (QED) is 0.781.